The summed E-state index contributed by atoms with van der Waals surface area (Å²) >= 11 is 6.02. The number of ether oxygens (including phenoxy) is 1. The quantitative estimate of drug-likeness (QED) is 0.329. The van der Waals surface area contributed by atoms with Gasteiger partial charge in [-0.1, -0.05) is 35.9 Å². The van der Waals surface area contributed by atoms with Crippen LogP contribution in [0.1, 0.15) is 33.2 Å². The maximum atomic E-state index is 14.0. The Bertz CT molecular complexity index is 1210. The predicted molar refractivity (Wildman–Crippen MR) is 129 cm³/mol. The van der Waals surface area contributed by atoms with E-state index >= 15 is 0 Å². The van der Waals surface area contributed by atoms with Crippen molar-refractivity contribution in [1.82, 2.24) is 9.80 Å². The molecule has 1 unspecified atom stereocenters. The Balaban J connectivity index is 1.40. The summed E-state index contributed by atoms with van der Waals surface area (Å²) in [5.41, 5.74) is 0.416. The Morgan fingerprint density at radius 3 is 2.19 bits per heavy atom. The molecule has 1 heterocycles. The zero-order chi connectivity index (χ0) is 26.6. The smallest absolute Gasteiger partial charge is 0.368 e. The summed E-state index contributed by atoms with van der Waals surface area (Å²) < 4.78 is 72.2. The molecule has 1 fully saturated rings. The number of hydrogen-bond donors (Lipinski definition) is 0. The average Bonchev–Trinajstić information content (AvgIpc) is 2.88. The van der Waals surface area contributed by atoms with E-state index in [2.05, 4.69) is 4.90 Å². The van der Waals surface area contributed by atoms with E-state index in [0.29, 0.717) is 43.3 Å². The zero-order valence-corrected chi connectivity index (χ0v) is 20.4. The molecule has 0 N–H and O–H groups in total. The fourth-order valence-corrected chi connectivity index (χ4v) is 4.24. The number of amides is 1. The normalized spacial score (nSPS) is 15.6. The van der Waals surface area contributed by atoms with Gasteiger partial charge < -0.3 is 9.64 Å². The number of hydrogen-bond acceptors (Lipinski definition) is 3. The van der Waals surface area contributed by atoms with Gasteiger partial charge >= 0.3 is 6.18 Å². The summed E-state index contributed by atoms with van der Waals surface area (Å²) in [6.07, 6.45) is -4.82. The number of halogens is 6. The van der Waals surface area contributed by atoms with E-state index in [1.807, 2.05) is 12.1 Å². The van der Waals surface area contributed by atoms with Crippen LogP contribution < -0.4 is 0 Å². The number of nitrogens with zero attached hydrogens (tertiary/aromatic N) is 2. The van der Waals surface area contributed by atoms with E-state index in [1.54, 1.807) is 12.1 Å². The van der Waals surface area contributed by atoms with Gasteiger partial charge in [0, 0.05) is 37.7 Å². The average molecular weight is 539 g/mol. The van der Waals surface area contributed by atoms with Gasteiger partial charge in [0.25, 0.3) is 5.91 Å². The van der Waals surface area contributed by atoms with Crippen molar-refractivity contribution >= 4 is 17.5 Å². The van der Waals surface area contributed by atoms with Crippen LogP contribution in [-0.2, 0) is 17.5 Å². The molecule has 1 aliphatic rings. The Morgan fingerprint density at radius 1 is 0.919 bits per heavy atom. The molecule has 196 valence electrons. The van der Waals surface area contributed by atoms with Gasteiger partial charge in [0.05, 0.1) is 23.8 Å². The highest BCUT2D eigenvalue weighted by molar-refractivity contribution is 6.30. The van der Waals surface area contributed by atoms with Gasteiger partial charge in [-0.2, -0.15) is 13.2 Å². The summed E-state index contributed by atoms with van der Waals surface area (Å²) in [5.74, 6) is -2.02. The first-order valence-electron chi connectivity index (χ1n) is 11.6. The largest absolute Gasteiger partial charge is 0.416 e. The molecular formula is C27H24ClF5N2O2. The monoisotopic (exact) mass is 538 g/mol. The maximum Gasteiger partial charge on any atom is 0.416 e. The molecule has 3 aromatic rings. The molecule has 1 amide bonds. The van der Waals surface area contributed by atoms with Gasteiger partial charge in [-0.15, -0.1) is 0 Å². The van der Waals surface area contributed by atoms with E-state index < -0.39 is 35.4 Å². The molecule has 1 saturated heterocycles. The fourth-order valence-electron chi connectivity index (χ4n) is 4.12. The Kier molecular flexibility index (Phi) is 8.46. The first-order chi connectivity index (χ1) is 17.6. The number of benzene rings is 3. The summed E-state index contributed by atoms with van der Waals surface area (Å²) in [4.78, 5) is 16.3. The molecule has 0 bridgehead atoms. The third-order valence-electron chi connectivity index (χ3n) is 6.22. The molecule has 0 spiro atoms. The van der Waals surface area contributed by atoms with Crippen LogP contribution in [-0.4, -0.2) is 48.4 Å². The van der Waals surface area contributed by atoms with Crippen molar-refractivity contribution in [3.63, 3.8) is 0 Å². The van der Waals surface area contributed by atoms with Crippen molar-refractivity contribution in [2.45, 2.75) is 18.9 Å². The molecule has 4 rings (SSSR count). The predicted octanol–water partition coefficient (Wildman–Crippen LogP) is 6.35. The molecule has 1 aliphatic heterocycles. The first kappa shape index (κ1) is 27.0. The molecule has 4 nitrogen and oxygen atoms in total. The molecule has 0 saturated carbocycles. The summed E-state index contributed by atoms with van der Waals surface area (Å²) in [6.45, 7) is 2.16. The number of carbonyl (C=O) groups is 1. The minimum atomic E-state index is -4.41. The molecule has 3 aromatic carbocycles. The Morgan fingerprint density at radius 2 is 1.57 bits per heavy atom. The standard InChI is InChI=1S/C27H24ClF5N2O2/c28-21-7-3-19(4-8-21)25(37-17-18-1-5-20(6-2-18)27(31,32)33)16-34-11-13-35(14-12-34)26(36)23-15-22(29)9-10-24(23)30/h1-10,15,25H,11-14,16-17H2. The number of rotatable bonds is 7. The second-order valence-electron chi connectivity index (χ2n) is 8.76. The van der Waals surface area contributed by atoms with Crippen molar-refractivity contribution in [3.8, 4) is 0 Å². The highest BCUT2D eigenvalue weighted by Gasteiger charge is 2.30. The van der Waals surface area contributed by atoms with Crippen molar-refractivity contribution in [2.75, 3.05) is 32.7 Å². The minimum absolute atomic E-state index is 0.0999. The van der Waals surface area contributed by atoms with Gasteiger partial charge in [-0.05, 0) is 53.6 Å². The zero-order valence-electron chi connectivity index (χ0n) is 19.6. The van der Waals surface area contributed by atoms with E-state index in [9.17, 15) is 26.7 Å². The van der Waals surface area contributed by atoms with Crippen LogP contribution in [0.25, 0.3) is 0 Å². The Hall–Kier alpha value is -3.01. The van der Waals surface area contributed by atoms with Crippen molar-refractivity contribution in [2.24, 2.45) is 0 Å². The van der Waals surface area contributed by atoms with Crippen molar-refractivity contribution in [3.05, 3.63) is 106 Å². The number of alkyl halides is 3. The molecule has 0 radical (unpaired) electrons. The van der Waals surface area contributed by atoms with Crippen LogP contribution in [0.5, 0.6) is 0 Å². The lowest BCUT2D eigenvalue weighted by molar-refractivity contribution is -0.137. The van der Waals surface area contributed by atoms with Crippen molar-refractivity contribution < 1.29 is 31.5 Å². The second-order valence-corrected chi connectivity index (χ2v) is 9.20. The maximum absolute atomic E-state index is 14.0. The molecule has 37 heavy (non-hydrogen) atoms. The molecule has 0 aliphatic carbocycles. The van der Waals surface area contributed by atoms with E-state index in [1.165, 1.54) is 17.0 Å². The van der Waals surface area contributed by atoms with Crippen LogP contribution in [0.3, 0.4) is 0 Å². The van der Waals surface area contributed by atoms with Crippen LogP contribution in [0.15, 0.2) is 66.7 Å². The van der Waals surface area contributed by atoms with E-state index in [-0.39, 0.29) is 12.2 Å². The van der Waals surface area contributed by atoms with Crippen molar-refractivity contribution in [1.29, 1.82) is 0 Å². The topological polar surface area (TPSA) is 32.8 Å². The van der Waals surface area contributed by atoms with Crippen LogP contribution in [0, 0.1) is 11.6 Å². The van der Waals surface area contributed by atoms with Gasteiger partial charge in [0.1, 0.15) is 11.6 Å². The molecule has 10 heteroatoms. The first-order valence-corrected chi connectivity index (χ1v) is 12.0. The third kappa shape index (κ3) is 7.06. The lowest BCUT2D eigenvalue weighted by atomic mass is 10.1. The molecule has 0 aromatic heterocycles. The minimum Gasteiger partial charge on any atom is -0.368 e. The SMILES string of the molecule is O=C(c1cc(F)ccc1F)N1CCN(CC(OCc2ccc(C(F)(F)F)cc2)c2ccc(Cl)cc2)CC1. The third-order valence-corrected chi connectivity index (χ3v) is 6.47. The molecular weight excluding hydrogens is 515 g/mol. The van der Waals surface area contributed by atoms with Gasteiger partial charge in [0.15, 0.2) is 0 Å². The van der Waals surface area contributed by atoms with E-state index in [0.717, 1.165) is 35.9 Å². The lowest BCUT2D eigenvalue weighted by Gasteiger charge is -2.36. The second kappa shape index (κ2) is 11.6. The van der Waals surface area contributed by atoms with Gasteiger partial charge in [0.2, 0.25) is 0 Å². The fraction of sp³-hybridized carbons (Fsp3) is 0.296. The summed E-state index contributed by atoms with van der Waals surface area (Å²) in [7, 11) is 0. The van der Waals surface area contributed by atoms with Crippen LogP contribution in [0.2, 0.25) is 5.02 Å². The van der Waals surface area contributed by atoms with Gasteiger partial charge in [-0.3, -0.25) is 9.69 Å². The Labute approximate surface area is 216 Å². The summed E-state index contributed by atoms with van der Waals surface area (Å²) in [6, 6.07) is 14.7. The number of carbonyl (C=O) groups excluding carboxylic acids is 1. The molecule has 1 atom stereocenters. The lowest BCUT2D eigenvalue weighted by Crippen LogP contribution is -2.49. The van der Waals surface area contributed by atoms with E-state index in [4.69, 9.17) is 16.3 Å². The van der Waals surface area contributed by atoms with Crippen LogP contribution >= 0.6 is 11.6 Å². The highest BCUT2D eigenvalue weighted by atomic mass is 35.5. The van der Waals surface area contributed by atoms with Crippen LogP contribution in [0.4, 0.5) is 22.0 Å². The summed E-state index contributed by atoms with van der Waals surface area (Å²) in [5, 5.41) is 0.557. The van der Waals surface area contributed by atoms with Gasteiger partial charge in [-0.25, -0.2) is 8.78 Å². The highest BCUT2D eigenvalue weighted by Crippen LogP contribution is 2.30. The number of piperazine rings is 1.